The predicted molar refractivity (Wildman–Crippen MR) is 133 cm³/mol. The van der Waals surface area contributed by atoms with Crippen molar-refractivity contribution in [3.05, 3.63) is 68.8 Å². The first-order valence-corrected chi connectivity index (χ1v) is 12.3. The van der Waals surface area contributed by atoms with Crippen LogP contribution in [0.4, 0.5) is 8.78 Å². The van der Waals surface area contributed by atoms with Gasteiger partial charge in [0.1, 0.15) is 22.1 Å². The van der Waals surface area contributed by atoms with Gasteiger partial charge in [-0.2, -0.15) is 0 Å². The van der Waals surface area contributed by atoms with Crippen molar-refractivity contribution in [1.29, 1.82) is 0 Å². The van der Waals surface area contributed by atoms with Crippen LogP contribution in [0.15, 0.2) is 45.7 Å². The second kappa shape index (κ2) is 8.56. The zero-order valence-electron chi connectivity index (χ0n) is 18.8. The minimum absolute atomic E-state index is 0.0988. The molecule has 1 aliphatic rings. The molecule has 0 unspecified atom stereocenters. The number of phenols is 1. The summed E-state index contributed by atoms with van der Waals surface area (Å²) >= 11 is 7.27. The molecular formula is C25H18ClF2N3O4S. The summed E-state index contributed by atoms with van der Waals surface area (Å²) < 4.78 is 38.6. The molecule has 2 aromatic carbocycles. The number of alkyl halides is 2. The van der Waals surface area contributed by atoms with E-state index in [0.29, 0.717) is 37.8 Å². The van der Waals surface area contributed by atoms with Gasteiger partial charge < -0.3 is 14.4 Å². The normalized spacial score (nSPS) is 13.8. The molecule has 184 valence electrons. The van der Waals surface area contributed by atoms with Crippen molar-refractivity contribution >= 4 is 43.2 Å². The molecule has 5 aromatic rings. The Hall–Kier alpha value is -3.50. The number of nitrogens with zero attached hydrogens (tertiary/aromatic N) is 3. The lowest BCUT2D eigenvalue weighted by Crippen LogP contribution is -2.24. The molecule has 36 heavy (non-hydrogen) atoms. The minimum Gasteiger partial charge on any atom is -0.505 e. The number of methoxy groups -OCH3 is 1. The maximum Gasteiger partial charge on any atom is 0.283 e. The molecule has 0 aliphatic heterocycles. The zero-order chi connectivity index (χ0) is 25.1. The highest BCUT2D eigenvalue weighted by Crippen LogP contribution is 2.46. The number of benzene rings is 2. The molecule has 0 atom stereocenters. The van der Waals surface area contributed by atoms with Crippen LogP contribution in [0, 0.1) is 0 Å². The Balaban J connectivity index is 1.64. The summed E-state index contributed by atoms with van der Waals surface area (Å²) in [7, 11) is 1.59. The molecular weight excluding hydrogens is 512 g/mol. The number of phenolic OH excluding ortho intramolecular Hbond substituents is 1. The second-order valence-corrected chi connectivity index (χ2v) is 10.0. The zero-order valence-corrected chi connectivity index (χ0v) is 20.4. The van der Waals surface area contributed by atoms with Crippen LogP contribution in [0.3, 0.4) is 0 Å². The lowest BCUT2D eigenvalue weighted by atomic mass is 10.0. The average Bonchev–Trinajstić information content (AvgIpc) is 3.48. The molecule has 0 amide bonds. The maximum atomic E-state index is 13.9. The summed E-state index contributed by atoms with van der Waals surface area (Å²) in [6.07, 6.45) is -0.792. The number of hydrogen-bond acceptors (Lipinski definition) is 7. The Bertz CT molecular complexity index is 1710. The monoisotopic (exact) mass is 529 g/mol. The fraction of sp³-hybridized carbons (Fsp3) is 0.240. The van der Waals surface area contributed by atoms with Gasteiger partial charge in [-0.05, 0) is 48.6 Å². The summed E-state index contributed by atoms with van der Waals surface area (Å²) in [6, 6.07) is 9.90. The van der Waals surface area contributed by atoms with Crippen molar-refractivity contribution in [1.82, 2.24) is 14.7 Å². The maximum absolute atomic E-state index is 13.9. The van der Waals surface area contributed by atoms with Gasteiger partial charge in [0.05, 0.1) is 28.8 Å². The van der Waals surface area contributed by atoms with E-state index >= 15 is 0 Å². The van der Waals surface area contributed by atoms with E-state index in [1.54, 1.807) is 19.2 Å². The van der Waals surface area contributed by atoms with E-state index in [-0.39, 0.29) is 23.1 Å². The van der Waals surface area contributed by atoms with Gasteiger partial charge in [0.2, 0.25) is 0 Å². The van der Waals surface area contributed by atoms with E-state index in [9.17, 15) is 18.7 Å². The molecule has 1 N–H and O–H groups in total. The van der Waals surface area contributed by atoms with Gasteiger partial charge >= 0.3 is 0 Å². The van der Waals surface area contributed by atoms with Gasteiger partial charge in [-0.3, -0.25) is 9.36 Å². The first kappa shape index (κ1) is 22.9. The first-order valence-electron chi connectivity index (χ1n) is 11.1. The lowest BCUT2D eigenvalue weighted by molar-refractivity contribution is 0.140. The molecule has 0 saturated heterocycles. The van der Waals surface area contributed by atoms with Crippen LogP contribution in [0.2, 0.25) is 5.02 Å². The molecule has 11 heteroatoms. The Morgan fingerprint density at radius 1 is 1.28 bits per heavy atom. The van der Waals surface area contributed by atoms with Crippen molar-refractivity contribution < 1.29 is 23.1 Å². The number of rotatable bonds is 6. The molecule has 1 fully saturated rings. The smallest absolute Gasteiger partial charge is 0.283 e. The first-order chi connectivity index (χ1) is 17.4. The van der Waals surface area contributed by atoms with E-state index in [2.05, 4.69) is 5.16 Å². The van der Waals surface area contributed by atoms with Crippen molar-refractivity contribution in [3.8, 4) is 22.9 Å². The minimum atomic E-state index is -2.80. The van der Waals surface area contributed by atoms with Crippen LogP contribution in [0.5, 0.6) is 11.5 Å². The number of ether oxygens (including phenoxy) is 1. The van der Waals surface area contributed by atoms with E-state index in [0.717, 1.165) is 30.0 Å². The van der Waals surface area contributed by atoms with Crippen LogP contribution in [0.1, 0.15) is 42.2 Å². The Morgan fingerprint density at radius 3 is 2.78 bits per heavy atom. The third-order valence-electron chi connectivity index (χ3n) is 6.32. The molecule has 0 spiro atoms. The van der Waals surface area contributed by atoms with Crippen molar-refractivity contribution in [3.63, 3.8) is 0 Å². The van der Waals surface area contributed by atoms with Crippen LogP contribution in [0.25, 0.3) is 31.7 Å². The van der Waals surface area contributed by atoms with Gasteiger partial charge in [-0.1, -0.05) is 22.8 Å². The molecule has 6 rings (SSSR count). The number of aromatic hydroxyl groups is 1. The average molecular weight is 530 g/mol. The van der Waals surface area contributed by atoms with Crippen molar-refractivity contribution in [2.24, 2.45) is 0 Å². The molecule has 0 bridgehead atoms. The SMILES string of the molecule is COc1ccc(-c2nc3sc4c(O)c(Cl)ccc4c3c(=O)n2Cc2cc(C(F)F)no2)c(C2CC2)c1. The van der Waals surface area contributed by atoms with Crippen LogP contribution in [-0.2, 0) is 6.54 Å². The third kappa shape index (κ3) is 3.72. The lowest BCUT2D eigenvalue weighted by Gasteiger charge is -2.15. The van der Waals surface area contributed by atoms with E-state index < -0.39 is 17.7 Å². The topological polar surface area (TPSA) is 90.4 Å². The fourth-order valence-electron chi connectivity index (χ4n) is 4.40. The van der Waals surface area contributed by atoms with Crippen LogP contribution in [-0.4, -0.2) is 26.9 Å². The van der Waals surface area contributed by atoms with E-state index in [1.807, 2.05) is 12.1 Å². The summed E-state index contributed by atoms with van der Waals surface area (Å²) in [5.41, 5.74) is 0.839. The van der Waals surface area contributed by atoms with Gasteiger partial charge in [0, 0.05) is 17.0 Å². The molecule has 1 aliphatic carbocycles. The fourth-order valence-corrected chi connectivity index (χ4v) is 5.73. The molecule has 1 saturated carbocycles. The largest absolute Gasteiger partial charge is 0.505 e. The number of thiophene rings is 1. The second-order valence-electron chi connectivity index (χ2n) is 8.63. The number of aromatic nitrogens is 3. The summed E-state index contributed by atoms with van der Waals surface area (Å²) in [4.78, 5) is 19.2. The van der Waals surface area contributed by atoms with Gasteiger partial charge in [0.25, 0.3) is 12.0 Å². The molecule has 3 aromatic heterocycles. The predicted octanol–water partition coefficient (Wildman–Crippen LogP) is 6.50. The molecule has 3 heterocycles. The Kier molecular flexibility index (Phi) is 5.45. The summed E-state index contributed by atoms with van der Waals surface area (Å²) in [6.45, 7) is -0.149. The third-order valence-corrected chi connectivity index (χ3v) is 7.73. The number of halogens is 3. The summed E-state index contributed by atoms with van der Waals surface area (Å²) in [5, 5.41) is 14.9. The highest BCUT2D eigenvalue weighted by Gasteiger charge is 2.30. The molecule has 7 nitrogen and oxygen atoms in total. The Labute approximate surface area is 211 Å². The van der Waals surface area contributed by atoms with Crippen LogP contribution < -0.4 is 10.3 Å². The standard InChI is InChI=1S/C25H18ClF2N3O4S/c1-34-12-4-5-14(16(8-12)11-2-3-11)23-29-24-19(15-6-7-17(26)20(32)21(15)36-24)25(33)31(23)10-13-9-18(22(27)28)30-35-13/h4-9,11,22,32H,2-3,10H2,1H3. The summed E-state index contributed by atoms with van der Waals surface area (Å²) in [5.74, 6) is 1.33. The van der Waals surface area contributed by atoms with Crippen LogP contribution >= 0.6 is 22.9 Å². The van der Waals surface area contributed by atoms with Gasteiger partial charge in [-0.25, -0.2) is 13.8 Å². The highest BCUT2D eigenvalue weighted by molar-refractivity contribution is 7.25. The van der Waals surface area contributed by atoms with Gasteiger partial charge in [-0.15, -0.1) is 11.3 Å². The highest BCUT2D eigenvalue weighted by atomic mass is 35.5. The van der Waals surface area contributed by atoms with E-state index in [4.69, 9.17) is 25.8 Å². The van der Waals surface area contributed by atoms with Gasteiger partial charge in [0.15, 0.2) is 11.5 Å². The molecule has 0 radical (unpaired) electrons. The van der Waals surface area contributed by atoms with Crippen molar-refractivity contribution in [2.45, 2.75) is 31.7 Å². The quantitative estimate of drug-likeness (QED) is 0.270. The van der Waals surface area contributed by atoms with E-state index in [1.165, 1.54) is 22.0 Å². The Morgan fingerprint density at radius 2 is 2.08 bits per heavy atom. The number of fused-ring (bicyclic) bond motifs is 3. The van der Waals surface area contributed by atoms with Crippen molar-refractivity contribution in [2.75, 3.05) is 7.11 Å². The number of hydrogen-bond donors (Lipinski definition) is 1.